The molecule has 2 N–H and O–H groups in total. The fourth-order valence-corrected chi connectivity index (χ4v) is 2.44. The van der Waals surface area contributed by atoms with Crippen molar-refractivity contribution >= 4 is 46.3 Å². The third-order valence-electron chi connectivity index (χ3n) is 3.17. The SMILES string of the molecule is Cc1cc(Nc2ccc(F)cc2)nc(Nc2cccc(Cl)c2Cl)n1. The zero-order chi connectivity index (χ0) is 17.1. The van der Waals surface area contributed by atoms with Gasteiger partial charge in [0.05, 0.1) is 15.7 Å². The van der Waals surface area contributed by atoms with Gasteiger partial charge in [-0.1, -0.05) is 29.3 Å². The molecule has 4 nitrogen and oxygen atoms in total. The highest BCUT2D eigenvalue weighted by atomic mass is 35.5. The van der Waals surface area contributed by atoms with Gasteiger partial charge in [0.25, 0.3) is 0 Å². The standard InChI is InChI=1S/C17H13Cl2FN4/c1-10-9-15(22-12-7-5-11(20)6-8-12)24-17(21-10)23-14-4-2-3-13(18)16(14)19/h2-9H,1H3,(H2,21,22,23,24). The van der Waals surface area contributed by atoms with Crippen LogP contribution in [0.2, 0.25) is 10.0 Å². The average molecular weight is 363 g/mol. The van der Waals surface area contributed by atoms with Crippen molar-refractivity contribution in [2.24, 2.45) is 0 Å². The third-order valence-corrected chi connectivity index (χ3v) is 3.99. The van der Waals surface area contributed by atoms with Gasteiger partial charge in [-0.3, -0.25) is 0 Å². The fourth-order valence-electron chi connectivity index (χ4n) is 2.09. The predicted molar refractivity (Wildman–Crippen MR) is 96.2 cm³/mol. The van der Waals surface area contributed by atoms with Crippen LogP contribution in [0.15, 0.2) is 48.5 Å². The first-order chi connectivity index (χ1) is 11.5. The molecule has 0 aliphatic heterocycles. The first-order valence-electron chi connectivity index (χ1n) is 7.10. The van der Waals surface area contributed by atoms with Crippen LogP contribution in [0, 0.1) is 12.7 Å². The molecule has 0 spiro atoms. The van der Waals surface area contributed by atoms with E-state index < -0.39 is 0 Å². The van der Waals surface area contributed by atoms with Gasteiger partial charge in [-0.25, -0.2) is 9.37 Å². The molecule has 3 aromatic rings. The number of nitrogens with one attached hydrogen (secondary N) is 2. The Morgan fingerprint density at radius 3 is 2.46 bits per heavy atom. The highest BCUT2D eigenvalue weighted by Crippen LogP contribution is 2.31. The van der Waals surface area contributed by atoms with Gasteiger partial charge in [-0.15, -0.1) is 0 Å². The largest absolute Gasteiger partial charge is 0.340 e. The Labute approximate surface area is 148 Å². The third kappa shape index (κ3) is 3.93. The number of aryl methyl sites for hydroxylation is 1. The van der Waals surface area contributed by atoms with Gasteiger partial charge in [0.1, 0.15) is 11.6 Å². The lowest BCUT2D eigenvalue weighted by Crippen LogP contribution is -2.02. The highest BCUT2D eigenvalue weighted by Gasteiger charge is 2.08. The van der Waals surface area contributed by atoms with Crippen molar-refractivity contribution in [1.29, 1.82) is 0 Å². The van der Waals surface area contributed by atoms with Gasteiger partial charge in [-0.2, -0.15) is 4.98 Å². The molecule has 0 fully saturated rings. The molecule has 1 aromatic heterocycles. The topological polar surface area (TPSA) is 49.8 Å². The van der Waals surface area contributed by atoms with Crippen molar-refractivity contribution < 1.29 is 4.39 Å². The maximum atomic E-state index is 13.0. The van der Waals surface area contributed by atoms with E-state index in [2.05, 4.69) is 20.6 Å². The Balaban J connectivity index is 1.86. The summed E-state index contributed by atoms with van der Waals surface area (Å²) >= 11 is 12.2. The number of aromatic nitrogens is 2. The van der Waals surface area contributed by atoms with Crippen LogP contribution >= 0.6 is 23.2 Å². The Hall–Kier alpha value is -2.37. The maximum Gasteiger partial charge on any atom is 0.229 e. The number of halogens is 3. The summed E-state index contributed by atoms with van der Waals surface area (Å²) in [5.41, 5.74) is 2.10. The molecule has 122 valence electrons. The van der Waals surface area contributed by atoms with Crippen molar-refractivity contribution in [1.82, 2.24) is 9.97 Å². The Morgan fingerprint density at radius 2 is 1.71 bits per heavy atom. The molecule has 24 heavy (non-hydrogen) atoms. The van der Waals surface area contributed by atoms with E-state index in [0.717, 1.165) is 11.4 Å². The Morgan fingerprint density at radius 1 is 0.958 bits per heavy atom. The van der Waals surface area contributed by atoms with Crippen LogP contribution in [-0.2, 0) is 0 Å². The second-order valence-electron chi connectivity index (χ2n) is 5.08. The molecular weight excluding hydrogens is 350 g/mol. The lowest BCUT2D eigenvalue weighted by Gasteiger charge is -2.11. The van der Waals surface area contributed by atoms with Crippen molar-refractivity contribution in [3.05, 3.63) is 70.1 Å². The predicted octanol–water partition coefficient (Wildman–Crippen LogP) is 5.72. The van der Waals surface area contributed by atoms with Crippen LogP contribution in [0.25, 0.3) is 0 Å². The molecule has 0 saturated carbocycles. The minimum atomic E-state index is -0.294. The molecule has 0 saturated heterocycles. The number of anilines is 4. The fraction of sp³-hybridized carbons (Fsp3) is 0.0588. The van der Waals surface area contributed by atoms with Gasteiger partial charge < -0.3 is 10.6 Å². The normalized spacial score (nSPS) is 10.5. The second-order valence-corrected chi connectivity index (χ2v) is 5.86. The molecule has 0 radical (unpaired) electrons. The lowest BCUT2D eigenvalue weighted by atomic mass is 10.3. The average Bonchev–Trinajstić information content (AvgIpc) is 2.54. The highest BCUT2D eigenvalue weighted by molar-refractivity contribution is 6.43. The number of nitrogens with zero attached hydrogens (tertiary/aromatic N) is 2. The minimum Gasteiger partial charge on any atom is -0.340 e. The molecule has 2 aromatic carbocycles. The first kappa shape index (κ1) is 16.5. The van der Waals surface area contributed by atoms with Crippen molar-refractivity contribution in [2.75, 3.05) is 10.6 Å². The molecule has 0 atom stereocenters. The van der Waals surface area contributed by atoms with E-state index in [1.807, 2.05) is 6.92 Å². The Kier molecular flexibility index (Phi) is 4.83. The van der Waals surface area contributed by atoms with Gasteiger partial charge >= 0.3 is 0 Å². The summed E-state index contributed by atoms with van der Waals surface area (Å²) in [6.07, 6.45) is 0. The van der Waals surface area contributed by atoms with Crippen LogP contribution in [0.4, 0.5) is 27.5 Å². The molecule has 0 aliphatic rings. The van der Waals surface area contributed by atoms with Crippen molar-refractivity contribution in [3.63, 3.8) is 0 Å². The minimum absolute atomic E-state index is 0.294. The molecular formula is C17H13Cl2FN4. The summed E-state index contributed by atoms with van der Waals surface area (Å²) in [6.45, 7) is 1.85. The summed E-state index contributed by atoms with van der Waals surface area (Å²) in [5.74, 6) is 0.663. The molecule has 0 bridgehead atoms. The lowest BCUT2D eigenvalue weighted by molar-refractivity contribution is 0.628. The van der Waals surface area contributed by atoms with Crippen molar-refractivity contribution in [2.45, 2.75) is 6.92 Å². The van der Waals surface area contributed by atoms with Gasteiger partial charge in [-0.05, 0) is 43.3 Å². The zero-order valence-corrected chi connectivity index (χ0v) is 14.2. The van der Waals surface area contributed by atoms with Gasteiger partial charge in [0.15, 0.2) is 0 Å². The number of benzene rings is 2. The van der Waals surface area contributed by atoms with E-state index in [1.165, 1.54) is 12.1 Å². The van der Waals surface area contributed by atoms with Gasteiger partial charge in [0, 0.05) is 17.4 Å². The zero-order valence-electron chi connectivity index (χ0n) is 12.6. The quantitative estimate of drug-likeness (QED) is 0.623. The van der Waals surface area contributed by atoms with Crippen LogP contribution in [-0.4, -0.2) is 9.97 Å². The molecule has 0 unspecified atom stereocenters. The molecule has 3 rings (SSSR count). The first-order valence-corrected chi connectivity index (χ1v) is 7.86. The summed E-state index contributed by atoms with van der Waals surface area (Å²) in [5, 5.41) is 7.00. The van der Waals surface area contributed by atoms with Crippen LogP contribution < -0.4 is 10.6 Å². The van der Waals surface area contributed by atoms with E-state index >= 15 is 0 Å². The second kappa shape index (κ2) is 7.03. The molecule has 0 aliphatic carbocycles. The monoisotopic (exact) mass is 362 g/mol. The Bertz CT molecular complexity index is 869. The van der Waals surface area contributed by atoms with Gasteiger partial charge in [0.2, 0.25) is 5.95 Å². The van der Waals surface area contributed by atoms with E-state index in [9.17, 15) is 4.39 Å². The van der Waals surface area contributed by atoms with Crippen LogP contribution in [0.3, 0.4) is 0 Å². The van der Waals surface area contributed by atoms with E-state index in [0.29, 0.717) is 27.5 Å². The van der Waals surface area contributed by atoms with Crippen molar-refractivity contribution in [3.8, 4) is 0 Å². The number of rotatable bonds is 4. The number of hydrogen-bond donors (Lipinski definition) is 2. The van der Waals surface area contributed by atoms with E-state index in [4.69, 9.17) is 23.2 Å². The summed E-state index contributed by atoms with van der Waals surface area (Å²) < 4.78 is 13.0. The van der Waals surface area contributed by atoms with E-state index in [1.54, 1.807) is 36.4 Å². The molecule has 7 heteroatoms. The smallest absolute Gasteiger partial charge is 0.229 e. The summed E-state index contributed by atoms with van der Waals surface area (Å²) in [7, 11) is 0. The summed E-state index contributed by atoms with van der Waals surface area (Å²) in [6, 6.07) is 13.1. The maximum absolute atomic E-state index is 13.0. The summed E-state index contributed by atoms with van der Waals surface area (Å²) in [4.78, 5) is 8.72. The molecule has 1 heterocycles. The van der Waals surface area contributed by atoms with Crippen LogP contribution in [0.1, 0.15) is 5.69 Å². The molecule has 0 amide bonds. The van der Waals surface area contributed by atoms with Crippen LogP contribution in [0.5, 0.6) is 0 Å². The van der Waals surface area contributed by atoms with E-state index in [-0.39, 0.29) is 5.82 Å². The number of hydrogen-bond acceptors (Lipinski definition) is 4.